The first-order valence-electron chi connectivity index (χ1n) is 6.15. The molecule has 0 bridgehead atoms. The van der Waals surface area contributed by atoms with E-state index in [1.165, 1.54) is 15.5 Å². The molecule has 0 radical (unpaired) electrons. The lowest BCUT2D eigenvalue weighted by Crippen LogP contribution is -2.42. The maximum absolute atomic E-state index is 12.0. The summed E-state index contributed by atoms with van der Waals surface area (Å²) in [5.41, 5.74) is 5.53. The van der Waals surface area contributed by atoms with E-state index in [2.05, 4.69) is 0 Å². The molecule has 1 aromatic heterocycles. The van der Waals surface area contributed by atoms with Crippen molar-refractivity contribution < 1.29 is 14.3 Å². The normalized spacial score (nSPS) is 18.4. The zero-order valence-electron chi connectivity index (χ0n) is 10.9. The number of carbonyl (C=O) groups is 2. The molecule has 1 fully saturated rings. The van der Waals surface area contributed by atoms with Gasteiger partial charge in [-0.2, -0.15) is 0 Å². The average Bonchev–Trinajstić information content (AvgIpc) is 2.97. The van der Waals surface area contributed by atoms with Gasteiger partial charge in [0.2, 0.25) is 0 Å². The number of nitrogens with two attached hydrogens (primary N) is 1. The van der Waals surface area contributed by atoms with Crippen molar-refractivity contribution >= 4 is 35.2 Å². The highest BCUT2D eigenvalue weighted by Crippen LogP contribution is 2.26. The number of rotatable bonds is 3. The molecular formula is C12H15Cl2N3O3. The highest BCUT2D eigenvalue weighted by atomic mass is 35.5. The predicted molar refractivity (Wildman–Crippen MR) is 75.0 cm³/mol. The van der Waals surface area contributed by atoms with Crippen molar-refractivity contribution in [2.24, 2.45) is 12.8 Å². The minimum atomic E-state index is -0.530. The number of hydrogen-bond acceptors (Lipinski definition) is 3. The van der Waals surface area contributed by atoms with Crippen LogP contribution in [-0.2, 0) is 11.8 Å². The average molecular weight is 320 g/mol. The van der Waals surface area contributed by atoms with Crippen molar-refractivity contribution in [3.8, 4) is 0 Å². The summed E-state index contributed by atoms with van der Waals surface area (Å²) < 4.78 is 6.67. The number of halogens is 2. The van der Waals surface area contributed by atoms with Crippen molar-refractivity contribution in [3.05, 3.63) is 21.9 Å². The van der Waals surface area contributed by atoms with Crippen LogP contribution in [0.3, 0.4) is 0 Å². The van der Waals surface area contributed by atoms with Crippen LogP contribution in [0.1, 0.15) is 23.3 Å². The van der Waals surface area contributed by atoms with Crippen LogP contribution in [0.2, 0.25) is 10.2 Å². The molecule has 1 unspecified atom stereocenters. The Labute approximate surface area is 126 Å². The lowest BCUT2D eigenvalue weighted by Gasteiger charge is -2.22. The van der Waals surface area contributed by atoms with Crippen LogP contribution in [0.15, 0.2) is 6.07 Å². The lowest BCUT2D eigenvalue weighted by atomic mass is 10.2. The number of primary amides is 1. The lowest BCUT2D eigenvalue weighted by molar-refractivity contribution is 0.0411. The van der Waals surface area contributed by atoms with Gasteiger partial charge in [-0.05, 0) is 18.9 Å². The second-order valence-electron chi connectivity index (χ2n) is 4.65. The zero-order valence-corrected chi connectivity index (χ0v) is 12.4. The van der Waals surface area contributed by atoms with E-state index in [-0.39, 0.29) is 23.5 Å². The van der Waals surface area contributed by atoms with E-state index in [4.69, 9.17) is 33.7 Å². The van der Waals surface area contributed by atoms with Crippen molar-refractivity contribution in [1.29, 1.82) is 0 Å². The predicted octanol–water partition coefficient (Wildman–Crippen LogP) is 2.03. The topological polar surface area (TPSA) is 77.6 Å². The van der Waals surface area contributed by atoms with Crippen molar-refractivity contribution in [1.82, 2.24) is 9.47 Å². The zero-order chi connectivity index (χ0) is 14.9. The Morgan fingerprint density at radius 1 is 1.50 bits per heavy atom. The Bertz CT molecular complexity index is 544. The molecule has 1 atom stereocenters. The summed E-state index contributed by atoms with van der Waals surface area (Å²) >= 11 is 11.7. The van der Waals surface area contributed by atoms with Crippen LogP contribution >= 0.6 is 23.2 Å². The summed E-state index contributed by atoms with van der Waals surface area (Å²) in [6.07, 6.45) is 1.62. The molecule has 6 nitrogen and oxygen atoms in total. The first kappa shape index (κ1) is 15.0. The molecule has 8 heteroatoms. The molecule has 2 amide bonds. The molecule has 2 N–H and O–H groups in total. The van der Waals surface area contributed by atoms with Gasteiger partial charge in [-0.15, -0.1) is 0 Å². The smallest absolute Gasteiger partial charge is 0.355 e. The monoisotopic (exact) mass is 319 g/mol. The molecule has 0 aromatic carbocycles. The van der Waals surface area contributed by atoms with E-state index in [1.807, 2.05) is 0 Å². The summed E-state index contributed by atoms with van der Waals surface area (Å²) in [7, 11) is 1.62. The number of ether oxygens (including phenoxy) is 1. The van der Waals surface area contributed by atoms with Gasteiger partial charge in [0.15, 0.2) is 0 Å². The number of urea groups is 1. The van der Waals surface area contributed by atoms with Gasteiger partial charge in [-0.25, -0.2) is 9.59 Å². The Kier molecular flexibility index (Phi) is 4.45. The van der Waals surface area contributed by atoms with Gasteiger partial charge in [0, 0.05) is 13.6 Å². The van der Waals surface area contributed by atoms with E-state index >= 15 is 0 Å². The Morgan fingerprint density at radius 2 is 2.20 bits per heavy atom. The largest absolute Gasteiger partial charge is 0.459 e. The molecule has 1 aromatic rings. The van der Waals surface area contributed by atoms with Crippen molar-refractivity contribution in [2.75, 3.05) is 13.2 Å². The molecule has 1 aliphatic heterocycles. The van der Waals surface area contributed by atoms with Gasteiger partial charge >= 0.3 is 12.0 Å². The Balaban J connectivity index is 1.98. The summed E-state index contributed by atoms with van der Waals surface area (Å²) in [5, 5.41) is 0.569. The first-order valence-corrected chi connectivity index (χ1v) is 6.91. The van der Waals surface area contributed by atoms with Gasteiger partial charge in [0.25, 0.3) is 0 Å². The van der Waals surface area contributed by atoms with Crippen molar-refractivity contribution in [2.45, 2.75) is 18.9 Å². The number of esters is 1. The highest BCUT2D eigenvalue weighted by molar-refractivity contribution is 6.41. The van der Waals surface area contributed by atoms with Gasteiger partial charge in [-0.1, -0.05) is 23.2 Å². The number of nitrogens with zero attached hydrogens (tertiary/aromatic N) is 2. The summed E-state index contributed by atoms with van der Waals surface area (Å²) in [5.74, 6) is -0.530. The molecule has 1 saturated heterocycles. The van der Waals surface area contributed by atoms with E-state index in [0.29, 0.717) is 11.6 Å². The number of likely N-dealkylation sites (tertiary alicyclic amines) is 1. The fourth-order valence-corrected chi connectivity index (χ4v) is 2.66. The quantitative estimate of drug-likeness (QED) is 0.866. The molecule has 0 saturated carbocycles. The van der Waals surface area contributed by atoms with Crippen LogP contribution in [-0.4, -0.2) is 40.7 Å². The molecule has 0 spiro atoms. The molecule has 110 valence electrons. The van der Waals surface area contributed by atoms with E-state index < -0.39 is 12.0 Å². The van der Waals surface area contributed by atoms with Crippen LogP contribution in [0.5, 0.6) is 0 Å². The third-order valence-corrected chi connectivity index (χ3v) is 4.23. The van der Waals surface area contributed by atoms with Crippen LogP contribution in [0, 0.1) is 0 Å². The maximum Gasteiger partial charge on any atom is 0.355 e. The van der Waals surface area contributed by atoms with E-state index in [9.17, 15) is 9.59 Å². The summed E-state index contributed by atoms with van der Waals surface area (Å²) in [6.45, 7) is 0.710. The van der Waals surface area contributed by atoms with Gasteiger partial charge in [0.05, 0.1) is 11.1 Å². The second-order valence-corrected chi connectivity index (χ2v) is 5.42. The summed E-state index contributed by atoms with van der Waals surface area (Å²) in [6, 6.07) is 0.795. The van der Waals surface area contributed by atoms with Crippen LogP contribution in [0.4, 0.5) is 4.79 Å². The van der Waals surface area contributed by atoms with E-state index in [0.717, 1.165) is 12.8 Å². The molecule has 1 aliphatic rings. The summed E-state index contributed by atoms with van der Waals surface area (Å²) in [4.78, 5) is 24.7. The molecular weight excluding hydrogens is 305 g/mol. The Morgan fingerprint density at radius 3 is 2.75 bits per heavy atom. The highest BCUT2D eigenvalue weighted by Gasteiger charge is 2.29. The first-order chi connectivity index (χ1) is 9.41. The van der Waals surface area contributed by atoms with Gasteiger partial charge in [0.1, 0.15) is 17.5 Å². The second kappa shape index (κ2) is 5.93. The Hall–Kier alpha value is -1.40. The van der Waals surface area contributed by atoms with Crippen molar-refractivity contribution in [3.63, 3.8) is 0 Å². The number of aromatic nitrogens is 1. The third kappa shape index (κ3) is 2.86. The van der Waals surface area contributed by atoms with Crippen LogP contribution < -0.4 is 5.73 Å². The number of amides is 2. The van der Waals surface area contributed by atoms with E-state index in [1.54, 1.807) is 7.05 Å². The number of carbonyl (C=O) groups excluding carboxylic acids is 2. The molecule has 0 aliphatic carbocycles. The minimum Gasteiger partial charge on any atom is -0.459 e. The maximum atomic E-state index is 12.0. The number of hydrogen-bond donors (Lipinski definition) is 1. The molecule has 20 heavy (non-hydrogen) atoms. The fraction of sp³-hybridized carbons (Fsp3) is 0.500. The fourth-order valence-electron chi connectivity index (χ4n) is 2.28. The minimum absolute atomic E-state index is 0.113. The van der Waals surface area contributed by atoms with Crippen LogP contribution in [0.25, 0.3) is 0 Å². The van der Waals surface area contributed by atoms with Gasteiger partial charge < -0.3 is 19.9 Å². The standard InChI is InChI=1S/C12H15Cl2N3O3/c1-16-9(5-8(13)10(16)14)11(18)20-6-7-3-2-4-17(7)12(15)19/h5,7H,2-4,6H2,1H3,(H2,15,19). The molecule has 2 rings (SSSR count). The third-order valence-electron chi connectivity index (χ3n) is 3.39. The SMILES string of the molecule is Cn1c(C(=O)OCC2CCCN2C(N)=O)cc(Cl)c1Cl. The molecule has 2 heterocycles. The van der Waals surface area contributed by atoms with Gasteiger partial charge in [-0.3, -0.25) is 0 Å².